The second-order valence-corrected chi connectivity index (χ2v) is 12.6. The fourth-order valence-corrected chi connectivity index (χ4v) is 6.22. The summed E-state index contributed by atoms with van der Waals surface area (Å²) in [6.07, 6.45) is 10.9. The summed E-state index contributed by atoms with van der Waals surface area (Å²) in [6.45, 7) is 2.96. The fraction of sp³-hybridized carbons (Fsp3) is 0.400. The Morgan fingerprint density at radius 1 is 0.936 bits per heavy atom. The van der Waals surface area contributed by atoms with Gasteiger partial charge in [0.15, 0.2) is 0 Å². The van der Waals surface area contributed by atoms with Crippen LogP contribution in [0.2, 0.25) is 10.0 Å². The van der Waals surface area contributed by atoms with Gasteiger partial charge in [0.2, 0.25) is 0 Å². The van der Waals surface area contributed by atoms with Crippen LogP contribution in [0.25, 0.3) is 0 Å². The molecule has 3 aromatic rings. The van der Waals surface area contributed by atoms with Crippen LogP contribution in [-0.4, -0.2) is 53.0 Å². The van der Waals surface area contributed by atoms with Gasteiger partial charge in [-0.25, -0.2) is 9.59 Å². The maximum Gasteiger partial charge on any atom is 0.326 e. The standard InChI is InChI=1S/C35H41Cl2N5O5/c1-2-3-9-18-42(30-13-8-7-12-26(30)32(43)39-20-24-10-5-4-6-11-24)35(47)41-29(34(45)46)19-23-14-16-25(17-15-23)40-33(44)31-27(36)21-38-22-28(31)37/h7-8,12-17,21-22,24,29H,2-6,9-11,18-20H2,1H3,(H,39,43)(H,40,44)(H,41,47)(H,45,46)/t29-/m0/s1. The normalized spacial score (nSPS) is 13.8. The van der Waals surface area contributed by atoms with Crippen molar-refractivity contribution in [3.63, 3.8) is 0 Å². The van der Waals surface area contributed by atoms with Crippen LogP contribution < -0.4 is 20.9 Å². The molecule has 0 radical (unpaired) electrons. The molecule has 10 nitrogen and oxygen atoms in total. The number of rotatable bonds is 14. The van der Waals surface area contributed by atoms with E-state index < -0.39 is 23.9 Å². The molecule has 4 rings (SSSR count). The Balaban J connectivity index is 1.46. The molecule has 0 spiro atoms. The van der Waals surface area contributed by atoms with Gasteiger partial charge in [0.05, 0.1) is 26.9 Å². The Bertz CT molecular complexity index is 1530. The summed E-state index contributed by atoms with van der Waals surface area (Å²) < 4.78 is 0. The molecular formula is C35H41Cl2N5O5. The summed E-state index contributed by atoms with van der Waals surface area (Å²) in [7, 11) is 0. The lowest BCUT2D eigenvalue weighted by Gasteiger charge is -2.27. The number of pyridine rings is 1. The van der Waals surface area contributed by atoms with Crippen LogP contribution in [0.5, 0.6) is 0 Å². The number of carboxylic acid groups (broad SMARTS) is 1. The Morgan fingerprint density at radius 3 is 2.28 bits per heavy atom. The van der Waals surface area contributed by atoms with Crippen molar-refractivity contribution in [1.82, 2.24) is 15.6 Å². The van der Waals surface area contributed by atoms with Crippen LogP contribution in [0.3, 0.4) is 0 Å². The summed E-state index contributed by atoms with van der Waals surface area (Å²) in [5.74, 6) is -1.53. The first kappa shape index (κ1) is 35.7. The van der Waals surface area contributed by atoms with Gasteiger partial charge in [-0.05, 0) is 55.0 Å². The largest absolute Gasteiger partial charge is 0.480 e. The zero-order chi connectivity index (χ0) is 33.8. The quantitative estimate of drug-likeness (QED) is 0.131. The average Bonchev–Trinajstić information content (AvgIpc) is 3.06. The molecule has 1 atom stereocenters. The fourth-order valence-electron chi connectivity index (χ4n) is 5.68. The van der Waals surface area contributed by atoms with E-state index in [1.54, 1.807) is 48.5 Å². The van der Waals surface area contributed by atoms with E-state index in [1.807, 2.05) is 0 Å². The number of unbranched alkanes of at least 4 members (excludes halogenated alkanes) is 2. The first-order valence-electron chi connectivity index (χ1n) is 16.0. The third-order valence-electron chi connectivity index (χ3n) is 8.27. The minimum atomic E-state index is -1.25. The second kappa shape index (κ2) is 17.7. The highest BCUT2D eigenvalue weighted by Crippen LogP contribution is 2.26. The number of nitrogens with one attached hydrogen (secondary N) is 3. The van der Waals surface area contributed by atoms with Crippen LogP contribution in [-0.2, 0) is 11.2 Å². The molecule has 1 saturated carbocycles. The molecule has 1 aliphatic carbocycles. The third-order valence-corrected chi connectivity index (χ3v) is 8.85. The monoisotopic (exact) mass is 681 g/mol. The highest BCUT2D eigenvalue weighted by Gasteiger charge is 2.27. The van der Waals surface area contributed by atoms with Crippen LogP contribution in [0.15, 0.2) is 60.9 Å². The summed E-state index contributed by atoms with van der Waals surface area (Å²) in [5, 5.41) is 18.7. The van der Waals surface area contributed by atoms with Crippen LogP contribution >= 0.6 is 23.2 Å². The maximum absolute atomic E-state index is 13.7. The number of urea groups is 1. The lowest BCUT2D eigenvalue weighted by molar-refractivity contribution is -0.139. The van der Waals surface area contributed by atoms with Crippen LogP contribution in [0.1, 0.15) is 84.6 Å². The molecule has 0 unspecified atom stereocenters. The first-order chi connectivity index (χ1) is 22.7. The molecule has 1 aliphatic rings. The van der Waals surface area contributed by atoms with Crippen molar-refractivity contribution in [2.24, 2.45) is 5.92 Å². The lowest BCUT2D eigenvalue weighted by atomic mass is 9.89. The molecule has 2 aromatic carbocycles. The van der Waals surface area contributed by atoms with Gasteiger partial charge < -0.3 is 21.1 Å². The zero-order valence-electron chi connectivity index (χ0n) is 26.4. The number of benzene rings is 2. The SMILES string of the molecule is CCCCCN(C(=O)N[C@@H](Cc1ccc(NC(=O)c2c(Cl)cncc2Cl)cc1)C(=O)O)c1ccccc1C(=O)NCC1CCCCC1. The number of halogens is 2. The maximum atomic E-state index is 13.7. The van der Waals surface area contributed by atoms with Crippen molar-refractivity contribution >= 4 is 58.4 Å². The molecule has 4 N–H and O–H groups in total. The molecule has 47 heavy (non-hydrogen) atoms. The summed E-state index contributed by atoms with van der Waals surface area (Å²) in [5.41, 5.74) is 1.96. The van der Waals surface area contributed by atoms with E-state index in [0.29, 0.717) is 47.9 Å². The smallest absolute Gasteiger partial charge is 0.326 e. The predicted octanol–water partition coefficient (Wildman–Crippen LogP) is 7.35. The number of aromatic nitrogens is 1. The number of amides is 4. The van der Waals surface area contributed by atoms with Crippen molar-refractivity contribution in [2.45, 2.75) is 70.8 Å². The minimum absolute atomic E-state index is 0.0103. The molecule has 0 saturated heterocycles. The van der Waals surface area contributed by atoms with Gasteiger partial charge in [0.25, 0.3) is 11.8 Å². The van der Waals surface area contributed by atoms with Gasteiger partial charge in [-0.15, -0.1) is 0 Å². The van der Waals surface area contributed by atoms with E-state index in [1.165, 1.54) is 36.6 Å². The Kier molecular flexibility index (Phi) is 13.4. The molecule has 1 aromatic heterocycles. The minimum Gasteiger partial charge on any atom is -0.480 e. The first-order valence-corrected chi connectivity index (χ1v) is 16.8. The van der Waals surface area contributed by atoms with Crippen molar-refractivity contribution in [3.8, 4) is 0 Å². The van der Waals surface area contributed by atoms with Crippen molar-refractivity contribution in [1.29, 1.82) is 0 Å². The van der Waals surface area contributed by atoms with E-state index in [-0.39, 0.29) is 27.9 Å². The number of hydrogen-bond acceptors (Lipinski definition) is 5. The number of carbonyl (C=O) groups is 4. The average molecular weight is 683 g/mol. The van der Waals surface area contributed by atoms with Crippen molar-refractivity contribution < 1.29 is 24.3 Å². The van der Waals surface area contributed by atoms with E-state index in [9.17, 15) is 24.3 Å². The van der Waals surface area contributed by atoms with E-state index in [4.69, 9.17) is 23.2 Å². The summed E-state index contributed by atoms with van der Waals surface area (Å²) in [4.78, 5) is 57.4. The van der Waals surface area contributed by atoms with Crippen molar-refractivity contribution in [3.05, 3.63) is 87.7 Å². The van der Waals surface area contributed by atoms with Crippen molar-refractivity contribution in [2.75, 3.05) is 23.3 Å². The van der Waals surface area contributed by atoms with E-state index in [2.05, 4.69) is 27.9 Å². The highest BCUT2D eigenvalue weighted by atomic mass is 35.5. The summed E-state index contributed by atoms with van der Waals surface area (Å²) in [6, 6.07) is 11.7. The molecule has 1 fully saturated rings. The van der Waals surface area contributed by atoms with Gasteiger partial charge in [0, 0.05) is 37.6 Å². The third kappa shape index (κ3) is 10.2. The van der Waals surface area contributed by atoms with Gasteiger partial charge in [-0.2, -0.15) is 0 Å². The molecule has 12 heteroatoms. The highest BCUT2D eigenvalue weighted by molar-refractivity contribution is 6.40. The number of carboxylic acids is 1. The number of hydrogen-bond donors (Lipinski definition) is 4. The number of carbonyl (C=O) groups excluding carboxylic acids is 3. The number of para-hydroxylation sites is 1. The topological polar surface area (TPSA) is 141 Å². The van der Waals surface area contributed by atoms with Gasteiger partial charge >= 0.3 is 12.0 Å². The van der Waals surface area contributed by atoms with E-state index >= 15 is 0 Å². The molecule has 0 bridgehead atoms. The predicted molar refractivity (Wildman–Crippen MR) is 185 cm³/mol. The molecule has 250 valence electrons. The molecule has 0 aliphatic heterocycles. The van der Waals surface area contributed by atoms with Gasteiger partial charge in [-0.1, -0.05) is 86.5 Å². The Hall–Kier alpha value is -4.15. The van der Waals surface area contributed by atoms with Gasteiger partial charge in [0.1, 0.15) is 6.04 Å². The number of aliphatic carboxylic acids is 1. The van der Waals surface area contributed by atoms with E-state index in [0.717, 1.165) is 25.7 Å². The summed E-state index contributed by atoms with van der Waals surface area (Å²) >= 11 is 12.2. The van der Waals surface area contributed by atoms with Crippen LogP contribution in [0, 0.1) is 5.92 Å². The Morgan fingerprint density at radius 2 is 1.62 bits per heavy atom. The number of nitrogens with zero attached hydrogens (tertiary/aromatic N) is 2. The van der Waals surface area contributed by atoms with Gasteiger partial charge in [-0.3, -0.25) is 19.5 Å². The Labute approximate surface area is 285 Å². The molecular weight excluding hydrogens is 641 g/mol. The molecule has 1 heterocycles. The molecule has 4 amide bonds. The van der Waals surface area contributed by atoms with Crippen LogP contribution in [0.4, 0.5) is 16.2 Å². The number of anilines is 2. The zero-order valence-corrected chi connectivity index (χ0v) is 27.9. The second-order valence-electron chi connectivity index (χ2n) is 11.8. The lowest BCUT2D eigenvalue weighted by Crippen LogP contribution is -2.50.